The predicted octanol–water partition coefficient (Wildman–Crippen LogP) is 4.66. The van der Waals surface area contributed by atoms with Crippen molar-refractivity contribution in [3.05, 3.63) is 12.8 Å². The quantitative estimate of drug-likeness (QED) is 0.0839. The van der Waals surface area contributed by atoms with Crippen LogP contribution in [0.5, 0.6) is 0 Å². The molecule has 11 nitrogen and oxygen atoms in total. The Labute approximate surface area is 316 Å². The molecular formula is C37H101N9O2S+4. The second kappa shape index (κ2) is 47.5. The molecule has 0 spiro atoms. The average Bonchev–Trinajstić information content (AvgIpc) is 2.98. The summed E-state index contributed by atoms with van der Waals surface area (Å²) in [7, 11) is 34.1. The molecule has 0 bridgehead atoms. The number of aliphatic hydroxyl groups excluding tert-OH is 1. The van der Waals surface area contributed by atoms with E-state index < -0.39 is 0 Å². The highest BCUT2D eigenvalue weighted by atomic mass is 32.2. The van der Waals surface area contributed by atoms with Crippen molar-refractivity contribution in [2.24, 2.45) is 0 Å². The van der Waals surface area contributed by atoms with Crippen LogP contribution in [0.15, 0.2) is 12.8 Å². The van der Waals surface area contributed by atoms with Gasteiger partial charge in [0.2, 0.25) is 0 Å². The Morgan fingerprint density at radius 1 is 0.694 bits per heavy atom. The minimum atomic E-state index is 0.750. The van der Waals surface area contributed by atoms with Crippen LogP contribution in [0.2, 0.25) is 0 Å². The van der Waals surface area contributed by atoms with Gasteiger partial charge in [-0.3, -0.25) is 9.80 Å². The summed E-state index contributed by atoms with van der Waals surface area (Å²) in [6, 6.07) is 0. The lowest BCUT2D eigenvalue weighted by molar-refractivity contribution is -0.897. The average molecular weight is 736 g/mol. The number of thioether (sulfide) groups is 1. The molecule has 0 unspecified atom stereocenters. The molecule has 0 saturated heterocycles. The summed E-state index contributed by atoms with van der Waals surface area (Å²) < 4.78 is 9.22. The second-order valence-corrected chi connectivity index (χ2v) is 16.4. The third-order valence-corrected chi connectivity index (χ3v) is 6.13. The van der Waals surface area contributed by atoms with Gasteiger partial charge in [-0.25, -0.2) is 0 Å². The molecule has 0 radical (unpaired) electrons. The predicted molar refractivity (Wildman–Crippen MR) is 230 cm³/mol. The maximum absolute atomic E-state index is 7.33. The summed E-state index contributed by atoms with van der Waals surface area (Å²) in [5.41, 5.74) is 0. The van der Waals surface area contributed by atoms with E-state index in [0.717, 1.165) is 77.2 Å². The number of hydrogen-bond acceptors (Lipinski definition) is 8. The molecule has 0 aromatic carbocycles. The summed E-state index contributed by atoms with van der Waals surface area (Å²) in [5, 5.41) is 16.3. The fourth-order valence-electron chi connectivity index (χ4n) is 2.31. The number of hydrogen-bond donors (Lipinski definition) is 4. The molecule has 0 atom stereocenters. The van der Waals surface area contributed by atoms with Gasteiger partial charge in [0, 0.05) is 19.8 Å². The second-order valence-electron chi connectivity index (χ2n) is 15.2. The normalized spacial score (nSPS) is 10.7. The minimum absolute atomic E-state index is 0.750. The number of nitrogens with one attached hydrogen (secondary N) is 3. The smallest absolute Gasteiger partial charge is 0.182 e. The van der Waals surface area contributed by atoms with Crippen LogP contribution in [-0.2, 0) is 4.74 Å². The monoisotopic (exact) mass is 736 g/mol. The van der Waals surface area contributed by atoms with Crippen molar-refractivity contribution >= 4 is 11.8 Å². The lowest BCUT2D eigenvalue weighted by atomic mass is 10.5. The van der Waals surface area contributed by atoms with E-state index in [1.807, 2.05) is 32.8 Å². The summed E-state index contributed by atoms with van der Waals surface area (Å²) >= 11 is 1.86. The standard InChI is InChI=1S/2C7H19N2.C6H16NO.C5H14N.C4H12N2.C3H9N.C3H8S.C2H4O/c1-6-8(2)7-9(3,4)5;1-6-9(4,5)7-8(2)3;1-5-8-6-7(2,3)4;1-5-6(2,3)4;1-3-6-4-5-2;2*1-3-4-2;1-2-3/h2*6-7H2,1-5H3;5-6H2,1-4H3;5H2,1-4H3;5-6H,3-4H2,1-2H3;4H,3H2,1-2H3;3H2,1-2H3;2-3H,1H2/q4*+1;;;;. The minimum Gasteiger partial charge on any atom is -0.516 e. The molecule has 12 heteroatoms. The topological polar surface area (TPSA) is 72.0 Å². The lowest BCUT2D eigenvalue weighted by Crippen LogP contribution is -2.45. The van der Waals surface area contributed by atoms with E-state index in [4.69, 9.17) is 9.84 Å². The fourth-order valence-corrected chi connectivity index (χ4v) is 2.31. The van der Waals surface area contributed by atoms with Gasteiger partial charge < -0.3 is 43.7 Å². The molecule has 0 aliphatic carbocycles. The largest absolute Gasteiger partial charge is 0.516 e. The number of aliphatic hydroxyl groups is 1. The van der Waals surface area contributed by atoms with E-state index in [0.29, 0.717) is 0 Å². The zero-order chi connectivity index (χ0) is 41.2. The van der Waals surface area contributed by atoms with Gasteiger partial charge in [-0.2, -0.15) is 11.8 Å². The Balaban J connectivity index is -0.0000000670. The van der Waals surface area contributed by atoms with Gasteiger partial charge in [0.1, 0.15) is 13.3 Å². The van der Waals surface area contributed by atoms with Crippen LogP contribution in [0.25, 0.3) is 0 Å². The zero-order valence-electron chi connectivity index (χ0n) is 38.5. The van der Waals surface area contributed by atoms with Crippen molar-refractivity contribution in [3.63, 3.8) is 0 Å². The van der Waals surface area contributed by atoms with E-state index in [1.54, 1.807) is 0 Å². The van der Waals surface area contributed by atoms with Gasteiger partial charge in [-0.05, 0) is 81.1 Å². The first kappa shape index (κ1) is 66.7. The molecule has 0 amide bonds. The van der Waals surface area contributed by atoms with Crippen LogP contribution < -0.4 is 16.0 Å². The van der Waals surface area contributed by atoms with E-state index >= 15 is 0 Å². The van der Waals surface area contributed by atoms with E-state index in [9.17, 15) is 0 Å². The summed E-state index contributed by atoms with van der Waals surface area (Å²) in [6.45, 7) is 28.2. The Morgan fingerprint density at radius 3 is 1.16 bits per heavy atom. The van der Waals surface area contributed by atoms with Gasteiger partial charge in [0.15, 0.2) is 6.73 Å². The van der Waals surface area contributed by atoms with Gasteiger partial charge >= 0.3 is 0 Å². The van der Waals surface area contributed by atoms with Crippen molar-refractivity contribution < 1.29 is 27.8 Å². The Kier molecular flexibility index (Phi) is 64.6. The first-order chi connectivity index (χ1) is 22.2. The van der Waals surface area contributed by atoms with Crippen molar-refractivity contribution in [3.8, 4) is 0 Å². The van der Waals surface area contributed by atoms with Gasteiger partial charge in [-0.15, -0.1) is 0 Å². The first-order valence-electron chi connectivity index (χ1n) is 18.1. The lowest BCUT2D eigenvalue weighted by Gasteiger charge is -2.30. The van der Waals surface area contributed by atoms with Crippen LogP contribution in [0.3, 0.4) is 0 Å². The molecule has 308 valence electrons. The van der Waals surface area contributed by atoms with Crippen LogP contribution >= 0.6 is 11.8 Å². The molecule has 0 aliphatic heterocycles. The van der Waals surface area contributed by atoms with Crippen molar-refractivity contribution in [2.75, 3.05) is 191 Å². The molecular weight excluding hydrogens is 635 g/mol. The highest BCUT2D eigenvalue weighted by molar-refractivity contribution is 7.98. The number of rotatable bonds is 15. The third kappa shape index (κ3) is 130. The molecule has 0 aromatic heterocycles. The first-order valence-corrected chi connectivity index (χ1v) is 19.5. The molecule has 49 heavy (non-hydrogen) atoms. The maximum Gasteiger partial charge on any atom is 0.182 e. The van der Waals surface area contributed by atoms with Gasteiger partial charge in [-0.1, -0.05) is 34.3 Å². The molecule has 0 rings (SSSR count). The van der Waals surface area contributed by atoms with Crippen LogP contribution in [0.1, 0.15) is 48.5 Å². The summed E-state index contributed by atoms with van der Waals surface area (Å²) in [4.78, 5) is 4.52. The molecule has 4 N–H and O–H groups in total. The SMILES string of the molecule is C=CO.CCN(C)C[N+](C)(C)C.CCNC.CCNCNC.CCOC[N+](C)(C)C.CCSC.CC[N+](C)(C)C.CC[N+](C)(C)CN(C)C. The highest BCUT2D eigenvalue weighted by Gasteiger charge is 2.11. The van der Waals surface area contributed by atoms with Crippen LogP contribution in [0, 0.1) is 0 Å². The Bertz CT molecular complexity index is 554. The molecule has 0 fully saturated rings. The molecule has 0 aromatic rings. The van der Waals surface area contributed by atoms with Crippen LogP contribution in [0.4, 0.5) is 0 Å². The van der Waals surface area contributed by atoms with Gasteiger partial charge in [0.05, 0.1) is 96.9 Å². The number of ether oxygens (including phenoxy) is 1. The number of nitrogens with zero attached hydrogens (tertiary/aromatic N) is 6. The molecule has 0 heterocycles. The Hall–Kier alpha value is -0.510. The summed E-state index contributed by atoms with van der Waals surface area (Å²) in [6.07, 6.45) is 2.85. The fraction of sp³-hybridized carbons (Fsp3) is 0.946. The van der Waals surface area contributed by atoms with Crippen molar-refractivity contribution in [2.45, 2.75) is 48.5 Å². The highest BCUT2D eigenvalue weighted by Crippen LogP contribution is 1.95. The van der Waals surface area contributed by atoms with Crippen molar-refractivity contribution in [1.82, 2.24) is 25.8 Å². The molecule has 0 saturated carbocycles. The van der Waals surface area contributed by atoms with Crippen molar-refractivity contribution in [1.29, 1.82) is 0 Å². The van der Waals surface area contributed by atoms with E-state index in [-0.39, 0.29) is 0 Å². The Morgan fingerprint density at radius 2 is 1.08 bits per heavy atom. The van der Waals surface area contributed by atoms with Gasteiger partial charge in [0.25, 0.3) is 0 Å². The summed E-state index contributed by atoms with van der Waals surface area (Å²) in [5.74, 6) is 1.24. The number of quaternary nitrogens is 4. The zero-order valence-corrected chi connectivity index (χ0v) is 39.3. The molecule has 0 aliphatic rings. The van der Waals surface area contributed by atoms with E-state index in [1.165, 1.54) is 18.8 Å². The maximum atomic E-state index is 7.33. The van der Waals surface area contributed by atoms with E-state index in [2.05, 4.69) is 179 Å². The van der Waals surface area contributed by atoms with Crippen LogP contribution in [-0.4, -0.2) is 224 Å². The third-order valence-electron chi connectivity index (χ3n) is 5.55.